The van der Waals surface area contributed by atoms with Crippen molar-refractivity contribution in [2.75, 3.05) is 13.1 Å². The van der Waals surface area contributed by atoms with E-state index >= 15 is 0 Å². The third kappa shape index (κ3) is 3.09. The molecule has 2 unspecified atom stereocenters. The molecule has 1 saturated carbocycles. The summed E-state index contributed by atoms with van der Waals surface area (Å²) in [6, 6.07) is 0. The molecule has 0 aromatic rings. The van der Waals surface area contributed by atoms with Crippen molar-refractivity contribution in [1.82, 2.24) is 5.32 Å². The van der Waals surface area contributed by atoms with E-state index < -0.39 is 0 Å². The molecule has 0 aliphatic heterocycles. The maximum atomic E-state index is 11.9. The maximum absolute atomic E-state index is 11.9. The number of hydrogen-bond acceptors (Lipinski definition) is 2. The SMILES string of the molecule is CCNCC(=O)C1CCCCC1CC. The van der Waals surface area contributed by atoms with Crippen molar-refractivity contribution in [3.63, 3.8) is 0 Å². The highest BCUT2D eigenvalue weighted by Crippen LogP contribution is 2.32. The predicted octanol–water partition coefficient (Wildman–Crippen LogP) is 2.38. The normalized spacial score (nSPS) is 27.6. The smallest absolute Gasteiger partial charge is 0.149 e. The van der Waals surface area contributed by atoms with Gasteiger partial charge >= 0.3 is 0 Å². The summed E-state index contributed by atoms with van der Waals surface area (Å²) >= 11 is 0. The van der Waals surface area contributed by atoms with Crippen LogP contribution in [0.1, 0.15) is 46.0 Å². The number of Topliss-reactive ketones (excluding diaryl/α,β-unsaturated/α-hetero) is 1. The Hall–Kier alpha value is -0.370. The third-order valence-corrected chi connectivity index (χ3v) is 3.40. The summed E-state index contributed by atoms with van der Waals surface area (Å²) in [4.78, 5) is 11.9. The predicted molar refractivity (Wildman–Crippen MR) is 59.3 cm³/mol. The van der Waals surface area contributed by atoms with Gasteiger partial charge in [-0.25, -0.2) is 0 Å². The Morgan fingerprint density at radius 3 is 2.64 bits per heavy atom. The largest absolute Gasteiger partial charge is 0.310 e. The number of rotatable bonds is 5. The van der Waals surface area contributed by atoms with E-state index in [0.29, 0.717) is 24.2 Å². The molecule has 0 radical (unpaired) electrons. The van der Waals surface area contributed by atoms with Gasteiger partial charge in [-0.05, 0) is 25.3 Å². The molecule has 0 amide bonds. The van der Waals surface area contributed by atoms with Gasteiger partial charge in [0.15, 0.2) is 0 Å². The van der Waals surface area contributed by atoms with E-state index in [1.165, 1.54) is 25.7 Å². The fourth-order valence-electron chi connectivity index (χ4n) is 2.50. The van der Waals surface area contributed by atoms with Crippen molar-refractivity contribution in [2.45, 2.75) is 46.0 Å². The quantitative estimate of drug-likeness (QED) is 0.733. The molecule has 2 atom stereocenters. The first-order valence-corrected chi connectivity index (χ1v) is 6.03. The monoisotopic (exact) mass is 197 g/mol. The average molecular weight is 197 g/mol. The summed E-state index contributed by atoms with van der Waals surface area (Å²) < 4.78 is 0. The van der Waals surface area contributed by atoms with Crippen LogP contribution in [0.15, 0.2) is 0 Å². The molecular formula is C12H23NO. The average Bonchev–Trinajstić information content (AvgIpc) is 2.25. The third-order valence-electron chi connectivity index (χ3n) is 3.40. The minimum Gasteiger partial charge on any atom is -0.310 e. The van der Waals surface area contributed by atoms with Crippen LogP contribution in [0.3, 0.4) is 0 Å². The highest BCUT2D eigenvalue weighted by Gasteiger charge is 2.28. The first kappa shape index (κ1) is 11.7. The summed E-state index contributed by atoms with van der Waals surface area (Å²) in [5.41, 5.74) is 0. The molecule has 0 heterocycles. The molecule has 82 valence electrons. The first-order chi connectivity index (χ1) is 6.79. The summed E-state index contributed by atoms with van der Waals surface area (Å²) in [5, 5.41) is 3.14. The maximum Gasteiger partial charge on any atom is 0.149 e. The Balaban J connectivity index is 2.41. The van der Waals surface area contributed by atoms with Gasteiger partial charge in [-0.15, -0.1) is 0 Å². The van der Waals surface area contributed by atoms with E-state index in [9.17, 15) is 4.79 Å². The Morgan fingerprint density at radius 2 is 2.00 bits per heavy atom. The summed E-state index contributed by atoms with van der Waals surface area (Å²) in [6.45, 7) is 5.74. The summed E-state index contributed by atoms with van der Waals surface area (Å²) in [5.74, 6) is 1.46. The van der Waals surface area contributed by atoms with Crippen LogP contribution in [0.5, 0.6) is 0 Å². The van der Waals surface area contributed by atoms with Gasteiger partial charge in [0.2, 0.25) is 0 Å². The molecule has 14 heavy (non-hydrogen) atoms. The van der Waals surface area contributed by atoms with Crippen LogP contribution in [0.4, 0.5) is 0 Å². The second kappa shape index (κ2) is 6.18. The van der Waals surface area contributed by atoms with Crippen LogP contribution in [0.25, 0.3) is 0 Å². The molecule has 1 N–H and O–H groups in total. The van der Waals surface area contributed by atoms with E-state index in [4.69, 9.17) is 0 Å². The summed E-state index contributed by atoms with van der Waals surface area (Å²) in [6.07, 6.45) is 6.13. The first-order valence-electron chi connectivity index (χ1n) is 6.03. The molecule has 0 saturated heterocycles. The van der Waals surface area contributed by atoms with Gasteiger partial charge in [-0.3, -0.25) is 4.79 Å². The van der Waals surface area contributed by atoms with Gasteiger partial charge in [0.1, 0.15) is 5.78 Å². The molecule has 2 nitrogen and oxygen atoms in total. The van der Waals surface area contributed by atoms with E-state index in [-0.39, 0.29) is 0 Å². The molecule has 0 aromatic heterocycles. The van der Waals surface area contributed by atoms with Crippen molar-refractivity contribution in [2.24, 2.45) is 11.8 Å². The lowest BCUT2D eigenvalue weighted by molar-refractivity contribution is -0.124. The number of carbonyl (C=O) groups is 1. The van der Waals surface area contributed by atoms with Crippen LogP contribution < -0.4 is 5.32 Å². The van der Waals surface area contributed by atoms with Crippen LogP contribution in [-0.4, -0.2) is 18.9 Å². The molecule has 0 aromatic carbocycles. The van der Waals surface area contributed by atoms with Crippen molar-refractivity contribution >= 4 is 5.78 Å². The Bertz CT molecular complexity index is 179. The molecule has 1 rings (SSSR count). The van der Waals surface area contributed by atoms with Crippen LogP contribution in [0.2, 0.25) is 0 Å². The number of nitrogens with one attached hydrogen (secondary N) is 1. The van der Waals surface area contributed by atoms with Crippen molar-refractivity contribution in [3.05, 3.63) is 0 Å². The lowest BCUT2D eigenvalue weighted by atomic mass is 9.75. The fourth-order valence-corrected chi connectivity index (χ4v) is 2.50. The molecule has 0 bridgehead atoms. The highest BCUT2D eigenvalue weighted by atomic mass is 16.1. The highest BCUT2D eigenvalue weighted by molar-refractivity contribution is 5.83. The fraction of sp³-hybridized carbons (Fsp3) is 0.917. The molecule has 0 spiro atoms. The lowest BCUT2D eigenvalue weighted by Gasteiger charge is -2.29. The second-order valence-corrected chi connectivity index (χ2v) is 4.31. The van der Waals surface area contributed by atoms with E-state index in [1.807, 2.05) is 6.92 Å². The van der Waals surface area contributed by atoms with E-state index in [2.05, 4.69) is 12.2 Å². The molecule has 2 heteroatoms. The zero-order chi connectivity index (χ0) is 10.4. The van der Waals surface area contributed by atoms with Crippen LogP contribution >= 0.6 is 0 Å². The zero-order valence-corrected chi connectivity index (χ0v) is 9.51. The number of carbonyl (C=O) groups excluding carboxylic acids is 1. The number of likely N-dealkylation sites (N-methyl/N-ethyl adjacent to an activating group) is 1. The zero-order valence-electron chi connectivity index (χ0n) is 9.51. The van der Waals surface area contributed by atoms with Gasteiger partial charge in [-0.2, -0.15) is 0 Å². The molecule has 1 aliphatic rings. The van der Waals surface area contributed by atoms with Gasteiger partial charge < -0.3 is 5.32 Å². The van der Waals surface area contributed by atoms with E-state index in [1.54, 1.807) is 0 Å². The van der Waals surface area contributed by atoms with Crippen LogP contribution in [0, 0.1) is 11.8 Å². The van der Waals surface area contributed by atoms with Gasteiger partial charge in [0.25, 0.3) is 0 Å². The molecule has 1 fully saturated rings. The van der Waals surface area contributed by atoms with Crippen molar-refractivity contribution in [3.8, 4) is 0 Å². The molecular weight excluding hydrogens is 174 g/mol. The Labute approximate surface area is 87.5 Å². The van der Waals surface area contributed by atoms with Gasteiger partial charge in [0, 0.05) is 5.92 Å². The number of ketones is 1. The van der Waals surface area contributed by atoms with Gasteiger partial charge in [-0.1, -0.05) is 33.1 Å². The second-order valence-electron chi connectivity index (χ2n) is 4.31. The van der Waals surface area contributed by atoms with Crippen molar-refractivity contribution in [1.29, 1.82) is 0 Å². The number of hydrogen-bond donors (Lipinski definition) is 1. The van der Waals surface area contributed by atoms with Crippen LogP contribution in [-0.2, 0) is 4.79 Å². The lowest BCUT2D eigenvalue weighted by Crippen LogP contribution is -2.34. The standard InChI is InChI=1S/C12H23NO/c1-3-10-7-5-6-8-11(10)12(14)9-13-4-2/h10-11,13H,3-9H2,1-2H3. The topological polar surface area (TPSA) is 29.1 Å². The van der Waals surface area contributed by atoms with Gasteiger partial charge in [0.05, 0.1) is 6.54 Å². The summed E-state index contributed by atoms with van der Waals surface area (Å²) in [7, 11) is 0. The Morgan fingerprint density at radius 1 is 1.29 bits per heavy atom. The van der Waals surface area contributed by atoms with E-state index in [0.717, 1.165) is 13.0 Å². The minimum absolute atomic E-state index is 0.354. The van der Waals surface area contributed by atoms with Crippen molar-refractivity contribution < 1.29 is 4.79 Å². The minimum atomic E-state index is 0.354. The molecule has 1 aliphatic carbocycles. The Kier molecular flexibility index (Phi) is 5.16.